The van der Waals surface area contributed by atoms with E-state index in [1.54, 1.807) is 11.8 Å². The molecule has 6 nitrogen and oxygen atoms in total. The molecule has 1 aromatic heterocycles. The van der Waals surface area contributed by atoms with Gasteiger partial charge in [0.2, 0.25) is 5.91 Å². The number of H-pyrrole nitrogens is 1. The van der Waals surface area contributed by atoms with Crippen molar-refractivity contribution >= 4 is 17.6 Å². The number of rotatable bonds is 3. The number of likely N-dealkylation sites (tertiary alicyclic amines) is 1. The molecule has 0 unspecified atom stereocenters. The molecule has 22 heavy (non-hydrogen) atoms. The maximum absolute atomic E-state index is 12.3. The van der Waals surface area contributed by atoms with Crippen molar-refractivity contribution in [1.82, 2.24) is 15.2 Å². The highest BCUT2D eigenvalue weighted by Gasteiger charge is 2.26. The molecule has 6 heteroatoms. The topological polar surface area (TPSA) is 82.3 Å². The van der Waals surface area contributed by atoms with Crippen LogP contribution in [-0.2, 0) is 11.2 Å². The van der Waals surface area contributed by atoms with Gasteiger partial charge in [0.25, 0.3) is 5.91 Å². The Morgan fingerprint density at radius 1 is 1.18 bits per heavy atom. The average molecular weight is 303 g/mol. The van der Waals surface area contributed by atoms with Gasteiger partial charge in [0.15, 0.2) is 5.78 Å². The molecular weight excluding hydrogens is 282 g/mol. The van der Waals surface area contributed by atoms with Crippen molar-refractivity contribution in [2.24, 2.45) is 0 Å². The number of aryl methyl sites for hydroxylation is 1. The van der Waals surface area contributed by atoms with E-state index >= 15 is 0 Å². The molecule has 1 aromatic rings. The lowest BCUT2D eigenvalue weighted by molar-refractivity contribution is -0.129. The highest BCUT2D eigenvalue weighted by atomic mass is 16.2. The highest BCUT2D eigenvalue weighted by molar-refractivity contribution is 6.04. The molecule has 0 aromatic carbocycles. The van der Waals surface area contributed by atoms with Crippen molar-refractivity contribution in [3.63, 3.8) is 0 Å². The SMILES string of the molecule is Cc1c(C(=O)NCC(=O)N2CCCC2)[nH]c2c1C(=O)CCC2. The van der Waals surface area contributed by atoms with Gasteiger partial charge in [-0.05, 0) is 38.2 Å². The first-order valence-corrected chi connectivity index (χ1v) is 7.88. The van der Waals surface area contributed by atoms with E-state index in [9.17, 15) is 14.4 Å². The number of carbonyl (C=O) groups excluding carboxylic acids is 3. The number of hydrogen-bond donors (Lipinski definition) is 2. The minimum Gasteiger partial charge on any atom is -0.354 e. The van der Waals surface area contributed by atoms with Crippen LogP contribution >= 0.6 is 0 Å². The fraction of sp³-hybridized carbons (Fsp3) is 0.562. The summed E-state index contributed by atoms with van der Waals surface area (Å²) in [6, 6.07) is 0. The second-order valence-electron chi connectivity index (χ2n) is 6.03. The average Bonchev–Trinajstić information content (AvgIpc) is 3.13. The van der Waals surface area contributed by atoms with E-state index in [0.717, 1.165) is 44.5 Å². The maximum atomic E-state index is 12.3. The van der Waals surface area contributed by atoms with E-state index in [2.05, 4.69) is 10.3 Å². The van der Waals surface area contributed by atoms with Crippen LogP contribution in [0.2, 0.25) is 0 Å². The lowest BCUT2D eigenvalue weighted by atomic mass is 9.94. The van der Waals surface area contributed by atoms with Crippen molar-refractivity contribution < 1.29 is 14.4 Å². The van der Waals surface area contributed by atoms with E-state index in [-0.39, 0.29) is 24.1 Å². The van der Waals surface area contributed by atoms with Crippen molar-refractivity contribution in [2.75, 3.05) is 19.6 Å². The van der Waals surface area contributed by atoms with Crippen molar-refractivity contribution in [3.8, 4) is 0 Å². The van der Waals surface area contributed by atoms with Gasteiger partial charge < -0.3 is 15.2 Å². The van der Waals surface area contributed by atoms with E-state index in [1.807, 2.05) is 0 Å². The normalized spacial score (nSPS) is 17.5. The van der Waals surface area contributed by atoms with Gasteiger partial charge in [-0.1, -0.05) is 0 Å². The number of Topliss-reactive ketones (excluding diaryl/α,β-unsaturated/α-hetero) is 1. The van der Waals surface area contributed by atoms with E-state index in [1.165, 1.54) is 0 Å². The van der Waals surface area contributed by atoms with E-state index < -0.39 is 0 Å². The van der Waals surface area contributed by atoms with Crippen LogP contribution in [-0.4, -0.2) is 47.1 Å². The number of hydrogen-bond acceptors (Lipinski definition) is 3. The predicted molar refractivity (Wildman–Crippen MR) is 80.9 cm³/mol. The second kappa shape index (κ2) is 5.94. The molecule has 2 amide bonds. The Kier molecular flexibility index (Phi) is 4.00. The van der Waals surface area contributed by atoms with Crippen molar-refractivity contribution in [2.45, 2.75) is 39.0 Å². The Labute approximate surface area is 129 Å². The second-order valence-corrected chi connectivity index (χ2v) is 6.03. The minimum atomic E-state index is -0.313. The molecule has 2 N–H and O–H groups in total. The molecule has 1 fully saturated rings. The smallest absolute Gasteiger partial charge is 0.268 e. The number of nitrogens with one attached hydrogen (secondary N) is 2. The summed E-state index contributed by atoms with van der Waals surface area (Å²) in [5.41, 5.74) is 2.63. The van der Waals surface area contributed by atoms with Crippen LogP contribution in [0.25, 0.3) is 0 Å². The van der Waals surface area contributed by atoms with Crippen LogP contribution in [0.3, 0.4) is 0 Å². The van der Waals surface area contributed by atoms with Crippen LogP contribution < -0.4 is 5.32 Å². The van der Waals surface area contributed by atoms with Gasteiger partial charge in [-0.2, -0.15) is 0 Å². The third-order valence-corrected chi connectivity index (χ3v) is 4.52. The van der Waals surface area contributed by atoms with Crippen molar-refractivity contribution in [1.29, 1.82) is 0 Å². The molecule has 1 saturated heterocycles. The summed E-state index contributed by atoms with van der Waals surface area (Å²) in [5.74, 6) is -0.259. The van der Waals surface area contributed by atoms with Crippen LogP contribution in [0.1, 0.15) is 57.8 Å². The first-order valence-electron chi connectivity index (χ1n) is 7.88. The fourth-order valence-electron chi connectivity index (χ4n) is 3.32. The molecule has 0 radical (unpaired) electrons. The Hall–Kier alpha value is -2.11. The molecule has 0 atom stereocenters. The fourth-order valence-corrected chi connectivity index (χ4v) is 3.32. The number of ketones is 1. The summed E-state index contributed by atoms with van der Waals surface area (Å²) in [6.45, 7) is 3.35. The Morgan fingerprint density at radius 3 is 2.59 bits per heavy atom. The molecule has 118 valence electrons. The van der Waals surface area contributed by atoms with Gasteiger partial charge in [-0.25, -0.2) is 0 Å². The summed E-state index contributed by atoms with van der Waals surface area (Å²) in [7, 11) is 0. The first kappa shape index (κ1) is 14.8. The quantitative estimate of drug-likeness (QED) is 0.880. The molecule has 1 aliphatic carbocycles. The Bertz CT molecular complexity index is 627. The number of aromatic amines is 1. The van der Waals surface area contributed by atoms with Crippen LogP contribution in [0.4, 0.5) is 0 Å². The number of nitrogens with zero attached hydrogens (tertiary/aromatic N) is 1. The summed E-state index contributed by atoms with van der Waals surface area (Å²) in [6.07, 6.45) is 4.22. The van der Waals surface area contributed by atoms with Crippen molar-refractivity contribution in [3.05, 3.63) is 22.5 Å². The standard InChI is InChI=1S/C16H21N3O3/c1-10-14-11(5-4-6-12(14)20)18-15(10)16(22)17-9-13(21)19-7-2-3-8-19/h18H,2-9H2,1H3,(H,17,22). The van der Waals surface area contributed by atoms with Gasteiger partial charge in [-0.3, -0.25) is 14.4 Å². The zero-order valence-corrected chi connectivity index (χ0v) is 12.8. The number of aromatic nitrogens is 1. The number of fused-ring (bicyclic) bond motifs is 1. The molecule has 0 bridgehead atoms. The first-order chi connectivity index (χ1) is 10.6. The van der Waals surface area contributed by atoms with E-state index in [0.29, 0.717) is 23.2 Å². The zero-order valence-electron chi connectivity index (χ0n) is 12.8. The lowest BCUT2D eigenvalue weighted by Crippen LogP contribution is -2.38. The van der Waals surface area contributed by atoms with Crippen LogP contribution in [0.15, 0.2) is 0 Å². The van der Waals surface area contributed by atoms with Gasteiger partial charge in [0, 0.05) is 30.8 Å². The lowest BCUT2D eigenvalue weighted by Gasteiger charge is -2.15. The Morgan fingerprint density at radius 2 is 1.91 bits per heavy atom. The molecule has 0 spiro atoms. The predicted octanol–water partition coefficient (Wildman–Crippen LogP) is 1.19. The maximum Gasteiger partial charge on any atom is 0.268 e. The molecule has 2 aliphatic rings. The molecule has 2 heterocycles. The van der Waals surface area contributed by atoms with Gasteiger partial charge >= 0.3 is 0 Å². The molecule has 1 aliphatic heterocycles. The van der Waals surface area contributed by atoms with Gasteiger partial charge in [0.1, 0.15) is 5.69 Å². The number of amides is 2. The molecular formula is C16H21N3O3. The number of carbonyl (C=O) groups is 3. The zero-order chi connectivity index (χ0) is 15.7. The third kappa shape index (κ3) is 2.65. The van der Waals surface area contributed by atoms with Crippen LogP contribution in [0.5, 0.6) is 0 Å². The third-order valence-electron chi connectivity index (χ3n) is 4.52. The van der Waals surface area contributed by atoms with Gasteiger partial charge in [0.05, 0.1) is 6.54 Å². The Balaban J connectivity index is 1.68. The summed E-state index contributed by atoms with van der Waals surface area (Å²) >= 11 is 0. The van der Waals surface area contributed by atoms with Gasteiger partial charge in [-0.15, -0.1) is 0 Å². The molecule has 0 saturated carbocycles. The largest absolute Gasteiger partial charge is 0.354 e. The highest BCUT2D eigenvalue weighted by Crippen LogP contribution is 2.26. The van der Waals surface area contributed by atoms with Crippen LogP contribution in [0, 0.1) is 6.92 Å². The summed E-state index contributed by atoms with van der Waals surface area (Å²) in [5, 5.41) is 2.67. The summed E-state index contributed by atoms with van der Waals surface area (Å²) in [4.78, 5) is 41.1. The van der Waals surface area contributed by atoms with E-state index in [4.69, 9.17) is 0 Å². The monoisotopic (exact) mass is 303 g/mol. The minimum absolute atomic E-state index is 0.00983. The summed E-state index contributed by atoms with van der Waals surface area (Å²) < 4.78 is 0. The molecule has 3 rings (SSSR count).